The molecule has 0 spiro atoms. The zero-order valence-corrected chi connectivity index (χ0v) is 19.5. The van der Waals surface area contributed by atoms with Crippen molar-refractivity contribution in [3.05, 3.63) is 69.3 Å². The number of methoxy groups -OCH3 is 1. The van der Waals surface area contributed by atoms with E-state index in [-0.39, 0.29) is 16.6 Å². The van der Waals surface area contributed by atoms with Crippen LogP contribution in [0.3, 0.4) is 0 Å². The number of halogens is 1. The molecule has 0 N–H and O–H groups in total. The molecular formula is C23H19ClN2O3S2. The summed E-state index contributed by atoms with van der Waals surface area (Å²) in [6, 6.07) is 14.7. The number of benzene rings is 2. The van der Waals surface area contributed by atoms with E-state index in [0.29, 0.717) is 31.8 Å². The average Bonchev–Trinajstić information content (AvgIpc) is 3.18. The summed E-state index contributed by atoms with van der Waals surface area (Å²) in [6.45, 7) is 3.34. The van der Waals surface area contributed by atoms with E-state index in [1.54, 1.807) is 32.2 Å². The Kier molecular flexibility index (Phi) is 6.18. The SMILES string of the molecule is COc1ccccc1-n1c(SC(C)C(C)=O)nc2scc(-c3ccccc3Cl)c2c1=O. The van der Waals surface area contributed by atoms with Crippen LogP contribution in [0.1, 0.15) is 13.8 Å². The van der Waals surface area contributed by atoms with Crippen LogP contribution in [0.25, 0.3) is 27.0 Å². The first-order chi connectivity index (χ1) is 14.9. The van der Waals surface area contributed by atoms with Gasteiger partial charge in [-0.05, 0) is 32.0 Å². The second-order valence-corrected chi connectivity index (χ2v) is 9.46. The van der Waals surface area contributed by atoms with E-state index in [1.165, 1.54) is 34.6 Å². The fourth-order valence-corrected chi connectivity index (χ4v) is 5.33. The van der Waals surface area contributed by atoms with Crippen LogP contribution in [0.5, 0.6) is 5.75 Å². The number of hydrogen-bond acceptors (Lipinski definition) is 6. The van der Waals surface area contributed by atoms with Crippen molar-refractivity contribution in [2.24, 2.45) is 0 Å². The standard InChI is InChI=1S/C23H19ClN2O3S2/c1-13(27)14(2)31-23-25-21-20(16(12-30-21)15-8-4-5-9-17(15)24)22(28)26(23)18-10-6-7-11-19(18)29-3/h4-12,14H,1-3H3. The summed E-state index contributed by atoms with van der Waals surface area (Å²) in [5.41, 5.74) is 1.85. The molecule has 0 aliphatic carbocycles. The van der Waals surface area contributed by atoms with Gasteiger partial charge >= 0.3 is 0 Å². The topological polar surface area (TPSA) is 61.2 Å². The van der Waals surface area contributed by atoms with Crippen molar-refractivity contribution in [3.8, 4) is 22.6 Å². The summed E-state index contributed by atoms with van der Waals surface area (Å²) in [6.07, 6.45) is 0. The molecule has 8 heteroatoms. The summed E-state index contributed by atoms with van der Waals surface area (Å²) < 4.78 is 7.03. The molecule has 5 nitrogen and oxygen atoms in total. The van der Waals surface area contributed by atoms with Crippen LogP contribution < -0.4 is 10.3 Å². The fraction of sp³-hybridized carbons (Fsp3) is 0.174. The van der Waals surface area contributed by atoms with Crippen molar-refractivity contribution < 1.29 is 9.53 Å². The molecule has 2 heterocycles. The van der Waals surface area contributed by atoms with Crippen LogP contribution in [-0.4, -0.2) is 27.7 Å². The number of rotatable bonds is 6. The maximum absolute atomic E-state index is 13.9. The Labute approximate surface area is 192 Å². The van der Waals surface area contributed by atoms with Crippen LogP contribution in [0.4, 0.5) is 0 Å². The molecule has 1 unspecified atom stereocenters. The van der Waals surface area contributed by atoms with Crippen LogP contribution in [0, 0.1) is 0 Å². The normalized spacial score (nSPS) is 12.1. The monoisotopic (exact) mass is 470 g/mol. The van der Waals surface area contributed by atoms with Gasteiger partial charge in [-0.15, -0.1) is 11.3 Å². The maximum Gasteiger partial charge on any atom is 0.268 e. The van der Waals surface area contributed by atoms with Crippen molar-refractivity contribution >= 4 is 50.7 Å². The molecule has 2 aromatic carbocycles. The van der Waals surface area contributed by atoms with E-state index in [9.17, 15) is 9.59 Å². The van der Waals surface area contributed by atoms with Gasteiger partial charge in [-0.1, -0.05) is 53.7 Å². The summed E-state index contributed by atoms with van der Waals surface area (Å²) in [5.74, 6) is 0.548. The number of ketones is 1. The van der Waals surface area contributed by atoms with Gasteiger partial charge in [0.1, 0.15) is 16.4 Å². The smallest absolute Gasteiger partial charge is 0.268 e. The molecule has 0 aliphatic heterocycles. The van der Waals surface area contributed by atoms with Crippen molar-refractivity contribution in [1.82, 2.24) is 9.55 Å². The number of carbonyl (C=O) groups is 1. The van der Waals surface area contributed by atoms with Gasteiger partial charge in [-0.25, -0.2) is 4.98 Å². The lowest BCUT2D eigenvalue weighted by atomic mass is 10.1. The molecule has 0 fully saturated rings. The maximum atomic E-state index is 13.9. The zero-order chi connectivity index (χ0) is 22.1. The number of thioether (sulfide) groups is 1. The first-order valence-electron chi connectivity index (χ1n) is 9.52. The molecule has 0 saturated heterocycles. The molecular weight excluding hydrogens is 452 g/mol. The highest BCUT2D eigenvalue weighted by Crippen LogP contribution is 2.37. The number of fused-ring (bicyclic) bond motifs is 1. The summed E-state index contributed by atoms with van der Waals surface area (Å²) in [7, 11) is 1.56. The highest BCUT2D eigenvalue weighted by Gasteiger charge is 2.23. The van der Waals surface area contributed by atoms with Crippen LogP contribution in [0.15, 0.2) is 63.9 Å². The predicted octanol–water partition coefficient (Wildman–Crippen LogP) is 5.85. The van der Waals surface area contributed by atoms with Gasteiger partial charge in [0.05, 0.1) is 23.4 Å². The van der Waals surface area contributed by atoms with Gasteiger partial charge in [0.15, 0.2) is 5.16 Å². The molecule has 158 valence electrons. The van der Waals surface area contributed by atoms with E-state index in [1.807, 2.05) is 35.7 Å². The molecule has 0 bridgehead atoms. The van der Waals surface area contributed by atoms with Gasteiger partial charge in [-0.2, -0.15) is 0 Å². The first-order valence-corrected chi connectivity index (χ1v) is 11.7. The van der Waals surface area contributed by atoms with Gasteiger partial charge in [0, 0.05) is 21.5 Å². The molecule has 0 aliphatic rings. The van der Waals surface area contributed by atoms with Crippen LogP contribution >= 0.6 is 34.7 Å². The number of carbonyl (C=O) groups excluding carboxylic acids is 1. The molecule has 0 amide bonds. The van der Waals surface area contributed by atoms with Crippen molar-refractivity contribution in [2.75, 3.05) is 7.11 Å². The molecule has 0 radical (unpaired) electrons. The van der Waals surface area contributed by atoms with E-state index in [4.69, 9.17) is 21.3 Å². The highest BCUT2D eigenvalue weighted by molar-refractivity contribution is 8.00. The Bertz CT molecular complexity index is 1350. The quantitative estimate of drug-likeness (QED) is 0.261. The van der Waals surface area contributed by atoms with Gasteiger partial charge in [0.25, 0.3) is 5.56 Å². The molecule has 4 aromatic rings. The number of Topliss-reactive ketones (excluding diaryl/α,β-unsaturated/α-hetero) is 1. The minimum Gasteiger partial charge on any atom is -0.495 e. The number of para-hydroxylation sites is 2. The largest absolute Gasteiger partial charge is 0.495 e. The van der Waals surface area contributed by atoms with Crippen molar-refractivity contribution in [3.63, 3.8) is 0 Å². The fourth-order valence-electron chi connectivity index (χ4n) is 3.20. The molecule has 4 rings (SSSR count). The summed E-state index contributed by atoms with van der Waals surface area (Å²) >= 11 is 9.06. The first kappa shape index (κ1) is 21.6. The van der Waals surface area contributed by atoms with Gasteiger partial charge in [0.2, 0.25) is 0 Å². The van der Waals surface area contributed by atoms with E-state index >= 15 is 0 Å². The number of ether oxygens (including phenoxy) is 1. The third kappa shape index (κ3) is 4.01. The Morgan fingerprint density at radius 2 is 1.87 bits per heavy atom. The number of thiophene rings is 1. The Morgan fingerprint density at radius 1 is 1.16 bits per heavy atom. The Morgan fingerprint density at radius 3 is 2.58 bits per heavy atom. The average molecular weight is 471 g/mol. The third-order valence-electron chi connectivity index (χ3n) is 4.92. The van der Waals surface area contributed by atoms with E-state index < -0.39 is 0 Å². The zero-order valence-electron chi connectivity index (χ0n) is 17.1. The highest BCUT2D eigenvalue weighted by atomic mass is 35.5. The van der Waals surface area contributed by atoms with Crippen LogP contribution in [-0.2, 0) is 4.79 Å². The lowest BCUT2D eigenvalue weighted by Crippen LogP contribution is -2.23. The summed E-state index contributed by atoms with van der Waals surface area (Å²) in [4.78, 5) is 31.2. The minimum absolute atomic E-state index is 0.00820. The number of hydrogen-bond donors (Lipinski definition) is 0. The number of nitrogens with zero attached hydrogens (tertiary/aromatic N) is 2. The lowest BCUT2D eigenvalue weighted by molar-refractivity contribution is -0.116. The minimum atomic E-state index is -0.353. The summed E-state index contributed by atoms with van der Waals surface area (Å²) in [5, 5.41) is 3.04. The van der Waals surface area contributed by atoms with Crippen LogP contribution in [0.2, 0.25) is 5.02 Å². The van der Waals surface area contributed by atoms with E-state index in [0.717, 1.165) is 11.1 Å². The van der Waals surface area contributed by atoms with Gasteiger partial charge in [-0.3, -0.25) is 14.2 Å². The lowest BCUT2D eigenvalue weighted by Gasteiger charge is -2.16. The second-order valence-electron chi connectivity index (χ2n) is 6.89. The second kappa shape index (κ2) is 8.86. The molecule has 2 aromatic heterocycles. The Balaban J connectivity index is 2.05. The van der Waals surface area contributed by atoms with E-state index in [2.05, 4.69) is 0 Å². The van der Waals surface area contributed by atoms with Crippen molar-refractivity contribution in [1.29, 1.82) is 0 Å². The number of aromatic nitrogens is 2. The van der Waals surface area contributed by atoms with Gasteiger partial charge < -0.3 is 4.74 Å². The predicted molar refractivity (Wildman–Crippen MR) is 128 cm³/mol. The molecule has 31 heavy (non-hydrogen) atoms. The Hall–Kier alpha value is -2.61. The third-order valence-corrected chi connectivity index (χ3v) is 7.29. The molecule has 0 saturated carbocycles. The van der Waals surface area contributed by atoms with Crippen molar-refractivity contribution in [2.45, 2.75) is 24.3 Å². The molecule has 1 atom stereocenters.